The summed E-state index contributed by atoms with van der Waals surface area (Å²) in [6, 6.07) is 12.2. The van der Waals surface area contributed by atoms with Gasteiger partial charge in [-0.25, -0.2) is 4.39 Å². The molecule has 0 aliphatic carbocycles. The van der Waals surface area contributed by atoms with E-state index in [1.807, 2.05) is 31.2 Å². The van der Waals surface area contributed by atoms with Crippen LogP contribution in [0.15, 0.2) is 42.5 Å². The van der Waals surface area contributed by atoms with Gasteiger partial charge in [-0.1, -0.05) is 18.2 Å². The molecule has 0 heterocycles. The molecule has 0 amide bonds. The summed E-state index contributed by atoms with van der Waals surface area (Å²) in [4.78, 5) is 0. The first-order chi connectivity index (χ1) is 10.1. The van der Waals surface area contributed by atoms with Gasteiger partial charge >= 0.3 is 0 Å². The largest absolute Gasteiger partial charge is 0.493 e. The molecule has 3 nitrogen and oxygen atoms in total. The smallest absolute Gasteiger partial charge is 0.161 e. The highest BCUT2D eigenvalue weighted by Gasteiger charge is 2.07. The summed E-state index contributed by atoms with van der Waals surface area (Å²) in [6.45, 7) is 2.25. The molecule has 2 aromatic carbocycles. The Hall–Kier alpha value is -2.07. The predicted octanol–water partition coefficient (Wildman–Crippen LogP) is 3.30. The number of ether oxygens (including phenoxy) is 2. The summed E-state index contributed by atoms with van der Waals surface area (Å²) in [5, 5.41) is 0. The van der Waals surface area contributed by atoms with Gasteiger partial charge in [0, 0.05) is 6.04 Å². The summed E-state index contributed by atoms with van der Waals surface area (Å²) >= 11 is 0. The molecule has 4 heteroatoms. The molecule has 112 valence electrons. The van der Waals surface area contributed by atoms with Gasteiger partial charge in [-0.2, -0.15) is 0 Å². The van der Waals surface area contributed by atoms with Crippen LogP contribution in [0.3, 0.4) is 0 Å². The van der Waals surface area contributed by atoms with Crippen LogP contribution < -0.4 is 15.2 Å². The predicted molar refractivity (Wildman–Crippen MR) is 81.1 cm³/mol. The Morgan fingerprint density at radius 1 is 1.10 bits per heavy atom. The van der Waals surface area contributed by atoms with E-state index in [0.29, 0.717) is 18.1 Å². The van der Waals surface area contributed by atoms with E-state index in [1.165, 1.54) is 12.1 Å². The number of hydrogen-bond acceptors (Lipinski definition) is 3. The molecule has 0 saturated heterocycles. The van der Waals surface area contributed by atoms with Crippen LogP contribution in [0.2, 0.25) is 0 Å². The fourth-order valence-electron chi connectivity index (χ4n) is 2.12. The summed E-state index contributed by atoms with van der Waals surface area (Å²) < 4.78 is 24.2. The third kappa shape index (κ3) is 4.46. The average molecular weight is 289 g/mol. The Balaban J connectivity index is 2.09. The highest BCUT2D eigenvalue weighted by molar-refractivity contribution is 5.43. The normalized spacial score (nSPS) is 12.0. The number of rotatable bonds is 6. The van der Waals surface area contributed by atoms with Crippen molar-refractivity contribution < 1.29 is 13.9 Å². The fourth-order valence-corrected chi connectivity index (χ4v) is 2.12. The SMILES string of the molecule is COc1cc(CC(C)N)ccc1OCc1cccc(F)c1. The van der Waals surface area contributed by atoms with Crippen LogP contribution in [0.5, 0.6) is 11.5 Å². The number of halogens is 1. The fraction of sp³-hybridized carbons (Fsp3) is 0.294. The van der Waals surface area contributed by atoms with Gasteiger partial charge in [-0.15, -0.1) is 0 Å². The maximum Gasteiger partial charge on any atom is 0.161 e. The van der Waals surface area contributed by atoms with Crippen molar-refractivity contribution in [3.05, 3.63) is 59.4 Å². The van der Waals surface area contributed by atoms with Gasteiger partial charge in [0.1, 0.15) is 12.4 Å². The van der Waals surface area contributed by atoms with Crippen molar-refractivity contribution in [2.24, 2.45) is 5.73 Å². The van der Waals surface area contributed by atoms with Gasteiger partial charge in [-0.3, -0.25) is 0 Å². The Kier molecular flexibility index (Phi) is 5.17. The molecule has 0 fully saturated rings. The van der Waals surface area contributed by atoms with Crippen LogP contribution in [0.25, 0.3) is 0 Å². The maximum atomic E-state index is 13.1. The van der Waals surface area contributed by atoms with Gasteiger partial charge in [0.2, 0.25) is 0 Å². The number of hydrogen-bond donors (Lipinski definition) is 1. The van der Waals surface area contributed by atoms with Crippen molar-refractivity contribution in [2.75, 3.05) is 7.11 Å². The lowest BCUT2D eigenvalue weighted by atomic mass is 10.1. The van der Waals surface area contributed by atoms with Crippen LogP contribution >= 0.6 is 0 Å². The zero-order valence-electron chi connectivity index (χ0n) is 12.3. The monoisotopic (exact) mass is 289 g/mol. The lowest BCUT2D eigenvalue weighted by Gasteiger charge is -2.13. The standard InChI is InChI=1S/C17H20FNO2/c1-12(19)8-13-6-7-16(17(10-13)20-2)21-11-14-4-3-5-15(18)9-14/h3-7,9-10,12H,8,11,19H2,1-2H3. The van der Waals surface area contributed by atoms with Crippen molar-refractivity contribution >= 4 is 0 Å². The van der Waals surface area contributed by atoms with Crippen LogP contribution in [0.1, 0.15) is 18.1 Å². The van der Waals surface area contributed by atoms with Gasteiger partial charge in [-0.05, 0) is 48.7 Å². The van der Waals surface area contributed by atoms with E-state index in [0.717, 1.165) is 17.5 Å². The zero-order chi connectivity index (χ0) is 15.2. The second-order valence-electron chi connectivity index (χ2n) is 5.09. The second kappa shape index (κ2) is 7.09. The molecule has 2 N–H and O–H groups in total. The third-order valence-corrected chi connectivity index (χ3v) is 3.07. The minimum absolute atomic E-state index is 0.0915. The average Bonchev–Trinajstić information content (AvgIpc) is 2.45. The van der Waals surface area contributed by atoms with Crippen LogP contribution in [0.4, 0.5) is 4.39 Å². The first kappa shape index (κ1) is 15.3. The van der Waals surface area contributed by atoms with E-state index >= 15 is 0 Å². The Morgan fingerprint density at radius 2 is 1.90 bits per heavy atom. The van der Waals surface area contributed by atoms with Gasteiger partial charge in [0.05, 0.1) is 7.11 Å². The molecule has 0 bridgehead atoms. The van der Waals surface area contributed by atoms with Crippen molar-refractivity contribution in [3.8, 4) is 11.5 Å². The maximum absolute atomic E-state index is 13.1. The summed E-state index contributed by atoms with van der Waals surface area (Å²) in [7, 11) is 1.60. The Bertz CT molecular complexity index is 599. The van der Waals surface area contributed by atoms with Crippen LogP contribution in [-0.4, -0.2) is 13.2 Å². The molecular formula is C17H20FNO2. The molecule has 0 spiro atoms. The van der Waals surface area contributed by atoms with Gasteiger partial charge in [0.25, 0.3) is 0 Å². The van der Waals surface area contributed by atoms with E-state index in [1.54, 1.807) is 13.2 Å². The molecule has 0 radical (unpaired) electrons. The topological polar surface area (TPSA) is 44.5 Å². The Morgan fingerprint density at radius 3 is 2.57 bits per heavy atom. The molecular weight excluding hydrogens is 269 g/mol. The highest BCUT2D eigenvalue weighted by Crippen LogP contribution is 2.29. The highest BCUT2D eigenvalue weighted by atomic mass is 19.1. The summed E-state index contributed by atoms with van der Waals surface area (Å²) in [5.74, 6) is 1.02. The molecule has 21 heavy (non-hydrogen) atoms. The number of nitrogens with two attached hydrogens (primary N) is 1. The first-order valence-electron chi connectivity index (χ1n) is 6.88. The zero-order valence-corrected chi connectivity index (χ0v) is 12.3. The van der Waals surface area contributed by atoms with Gasteiger partial charge < -0.3 is 15.2 Å². The first-order valence-corrected chi connectivity index (χ1v) is 6.88. The minimum atomic E-state index is -0.268. The lowest BCUT2D eigenvalue weighted by Crippen LogP contribution is -2.17. The van der Waals surface area contributed by atoms with E-state index < -0.39 is 0 Å². The quantitative estimate of drug-likeness (QED) is 0.887. The molecule has 1 atom stereocenters. The molecule has 0 saturated carbocycles. The Labute approximate surface area is 124 Å². The van der Waals surface area contributed by atoms with E-state index in [4.69, 9.17) is 15.2 Å². The van der Waals surface area contributed by atoms with Crippen molar-refractivity contribution in [1.82, 2.24) is 0 Å². The minimum Gasteiger partial charge on any atom is -0.493 e. The molecule has 2 rings (SSSR count). The number of methoxy groups -OCH3 is 1. The van der Waals surface area contributed by atoms with Crippen molar-refractivity contribution in [1.29, 1.82) is 0 Å². The molecule has 1 unspecified atom stereocenters. The molecule has 0 aliphatic rings. The molecule has 0 aromatic heterocycles. The number of benzene rings is 2. The lowest BCUT2D eigenvalue weighted by molar-refractivity contribution is 0.284. The van der Waals surface area contributed by atoms with Crippen LogP contribution in [0, 0.1) is 5.82 Å². The van der Waals surface area contributed by atoms with E-state index in [-0.39, 0.29) is 11.9 Å². The summed E-state index contributed by atoms with van der Waals surface area (Å²) in [6.07, 6.45) is 0.778. The van der Waals surface area contributed by atoms with E-state index in [2.05, 4.69) is 0 Å². The van der Waals surface area contributed by atoms with Crippen molar-refractivity contribution in [3.63, 3.8) is 0 Å². The van der Waals surface area contributed by atoms with E-state index in [9.17, 15) is 4.39 Å². The molecule has 2 aromatic rings. The second-order valence-corrected chi connectivity index (χ2v) is 5.09. The molecule has 0 aliphatic heterocycles. The van der Waals surface area contributed by atoms with Crippen molar-refractivity contribution in [2.45, 2.75) is 26.0 Å². The summed E-state index contributed by atoms with van der Waals surface area (Å²) in [5.41, 5.74) is 7.67. The van der Waals surface area contributed by atoms with Crippen LogP contribution in [-0.2, 0) is 13.0 Å². The van der Waals surface area contributed by atoms with Gasteiger partial charge in [0.15, 0.2) is 11.5 Å². The third-order valence-electron chi connectivity index (χ3n) is 3.07.